The summed E-state index contributed by atoms with van der Waals surface area (Å²) in [5.41, 5.74) is 2.51. The summed E-state index contributed by atoms with van der Waals surface area (Å²) in [5, 5.41) is 18.6. The molecule has 2 rings (SSSR count). The van der Waals surface area contributed by atoms with Gasteiger partial charge in [-0.3, -0.25) is 0 Å². The second-order valence-corrected chi connectivity index (χ2v) is 4.79. The third-order valence-corrected chi connectivity index (χ3v) is 3.47. The zero-order valence-corrected chi connectivity index (χ0v) is 12.4. The van der Waals surface area contributed by atoms with Gasteiger partial charge in [-0.1, -0.05) is 30.3 Å². The van der Waals surface area contributed by atoms with Gasteiger partial charge in [-0.25, -0.2) is 0 Å². The van der Waals surface area contributed by atoms with Gasteiger partial charge in [0.15, 0.2) is 0 Å². The van der Waals surface area contributed by atoms with E-state index in [1.54, 1.807) is 25.3 Å². The van der Waals surface area contributed by atoms with E-state index in [9.17, 15) is 10.0 Å². The number of para-hydroxylation sites is 1. The van der Waals surface area contributed by atoms with Crippen molar-refractivity contribution < 1.29 is 14.8 Å². The lowest BCUT2D eigenvalue weighted by Gasteiger charge is -2.24. The Balaban J connectivity index is 2.30. The van der Waals surface area contributed by atoms with Gasteiger partial charge in [0.1, 0.15) is 5.75 Å². The van der Waals surface area contributed by atoms with E-state index in [0.29, 0.717) is 12.0 Å². The number of methoxy groups -OCH3 is 1. The summed E-state index contributed by atoms with van der Waals surface area (Å²) in [4.78, 5) is 2.20. The minimum absolute atomic E-state index is 0.468. The van der Waals surface area contributed by atoms with Gasteiger partial charge >= 0.3 is 7.12 Å². The van der Waals surface area contributed by atoms with Crippen LogP contribution < -0.4 is 15.1 Å². The van der Waals surface area contributed by atoms with Crippen molar-refractivity contribution in [1.29, 1.82) is 0 Å². The van der Waals surface area contributed by atoms with Crippen LogP contribution in [-0.4, -0.2) is 30.8 Å². The van der Waals surface area contributed by atoms with Crippen molar-refractivity contribution in [2.75, 3.05) is 18.6 Å². The van der Waals surface area contributed by atoms with Crippen molar-refractivity contribution in [1.82, 2.24) is 0 Å². The highest BCUT2D eigenvalue weighted by Gasteiger charge is 2.15. The Morgan fingerprint density at radius 1 is 1.10 bits per heavy atom. The van der Waals surface area contributed by atoms with Crippen LogP contribution in [0, 0.1) is 0 Å². The number of nitrogens with zero attached hydrogens (tertiary/aromatic N) is 1. The molecule has 0 aliphatic rings. The molecule has 0 fully saturated rings. The molecule has 4 nitrogen and oxygen atoms in total. The van der Waals surface area contributed by atoms with E-state index >= 15 is 0 Å². The Hall–Kier alpha value is -1.98. The maximum atomic E-state index is 9.32. The quantitative estimate of drug-likeness (QED) is 0.788. The molecule has 0 heterocycles. The monoisotopic (exact) mass is 285 g/mol. The Labute approximate surface area is 125 Å². The molecule has 0 aromatic heterocycles. The van der Waals surface area contributed by atoms with Gasteiger partial charge in [0.25, 0.3) is 0 Å². The Morgan fingerprint density at radius 2 is 1.81 bits per heavy atom. The highest BCUT2D eigenvalue weighted by molar-refractivity contribution is 6.58. The largest absolute Gasteiger partial charge is 0.496 e. The average molecular weight is 285 g/mol. The lowest BCUT2D eigenvalue weighted by Crippen LogP contribution is -2.31. The van der Waals surface area contributed by atoms with Gasteiger partial charge in [-0.05, 0) is 30.6 Å². The average Bonchev–Trinajstić information content (AvgIpc) is 2.53. The molecule has 0 aliphatic heterocycles. The Kier molecular flexibility index (Phi) is 5.25. The predicted molar refractivity (Wildman–Crippen MR) is 86.0 cm³/mol. The minimum atomic E-state index is -1.47. The molecule has 2 aromatic rings. The van der Waals surface area contributed by atoms with Gasteiger partial charge < -0.3 is 19.7 Å². The van der Waals surface area contributed by atoms with Crippen LogP contribution >= 0.6 is 0 Å². The maximum Gasteiger partial charge on any atom is 0.488 e. The SMILES string of the molecule is CCN(Cc1cc(B(O)O)ccc1OC)c1ccccc1. The summed E-state index contributed by atoms with van der Waals surface area (Å²) in [7, 11) is 0.147. The molecule has 0 unspecified atom stereocenters. The topological polar surface area (TPSA) is 52.9 Å². The van der Waals surface area contributed by atoms with E-state index in [-0.39, 0.29) is 0 Å². The molecule has 0 amide bonds. The van der Waals surface area contributed by atoms with E-state index in [4.69, 9.17) is 4.74 Å². The zero-order valence-electron chi connectivity index (χ0n) is 12.4. The highest BCUT2D eigenvalue weighted by Crippen LogP contribution is 2.22. The van der Waals surface area contributed by atoms with E-state index in [0.717, 1.165) is 23.5 Å². The van der Waals surface area contributed by atoms with Crippen LogP contribution in [-0.2, 0) is 6.54 Å². The first-order valence-electron chi connectivity index (χ1n) is 6.98. The van der Waals surface area contributed by atoms with E-state index < -0.39 is 7.12 Å². The van der Waals surface area contributed by atoms with Crippen LogP contribution in [0.15, 0.2) is 48.5 Å². The zero-order chi connectivity index (χ0) is 15.2. The molecule has 0 saturated heterocycles. The number of hydrogen-bond donors (Lipinski definition) is 2. The molecule has 110 valence electrons. The summed E-state index contributed by atoms with van der Waals surface area (Å²) < 4.78 is 5.37. The second-order valence-electron chi connectivity index (χ2n) is 4.79. The van der Waals surface area contributed by atoms with Crippen molar-refractivity contribution in [2.45, 2.75) is 13.5 Å². The minimum Gasteiger partial charge on any atom is -0.496 e. The van der Waals surface area contributed by atoms with Gasteiger partial charge in [-0.15, -0.1) is 0 Å². The van der Waals surface area contributed by atoms with Gasteiger partial charge in [0.05, 0.1) is 7.11 Å². The predicted octanol–water partition coefficient (Wildman–Crippen LogP) is 1.40. The van der Waals surface area contributed by atoms with Crippen LogP contribution in [0.3, 0.4) is 0 Å². The van der Waals surface area contributed by atoms with Crippen LogP contribution in [0.25, 0.3) is 0 Å². The van der Waals surface area contributed by atoms with E-state index in [1.807, 2.05) is 18.2 Å². The summed E-state index contributed by atoms with van der Waals surface area (Å²) >= 11 is 0. The van der Waals surface area contributed by atoms with Crippen LogP contribution in [0.1, 0.15) is 12.5 Å². The molecule has 0 atom stereocenters. The summed E-state index contributed by atoms with van der Waals surface area (Å²) in [6.45, 7) is 3.58. The van der Waals surface area contributed by atoms with Crippen LogP contribution in [0.4, 0.5) is 5.69 Å². The number of benzene rings is 2. The number of ether oxygens (including phenoxy) is 1. The fourth-order valence-corrected chi connectivity index (χ4v) is 2.31. The number of anilines is 1. The number of hydrogen-bond acceptors (Lipinski definition) is 4. The fraction of sp³-hybridized carbons (Fsp3) is 0.250. The third kappa shape index (κ3) is 3.77. The van der Waals surface area contributed by atoms with Gasteiger partial charge in [-0.2, -0.15) is 0 Å². The smallest absolute Gasteiger partial charge is 0.488 e. The molecule has 0 spiro atoms. The normalized spacial score (nSPS) is 10.3. The van der Waals surface area contributed by atoms with Gasteiger partial charge in [0, 0.05) is 24.3 Å². The van der Waals surface area contributed by atoms with Crippen molar-refractivity contribution >= 4 is 18.3 Å². The summed E-state index contributed by atoms with van der Waals surface area (Å²) in [6, 6.07) is 15.3. The molecule has 2 N–H and O–H groups in total. The highest BCUT2D eigenvalue weighted by atomic mass is 16.5. The summed E-state index contributed by atoms with van der Waals surface area (Å²) in [5.74, 6) is 0.744. The summed E-state index contributed by atoms with van der Waals surface area (Å²) in [6.07, 6.45) is 0. The molecule has 21 heavy (non-hydrogen) atoms. The van der Waals surface area contributed by atoms with Gasteiger partial charge in [0.2, 0.25) is 0 Å². The molecular formula is C16H20BNO3. The molecular weight excluding hydrogens is 265 g/mol. The van der Waals surface area contributed by atoms with Crippen LogP contribution in [0.2, 0.25) is 0 Å². The lowest BCUT2D eigenvalue weighted by atomic mass is 9.79. The third-order valence-electron chi connectivity index (χ3n) is 3.47. The molecule has 0 radical (unpaired) electrons. The lowest BCUT2D eigenvalue weighted by molar-refractivity contribution is 0.408. The first-order valence-corrected chi connectivity index (χ1v) is 6.98. The fourth-order valence-electron chi connectivity index (χ4n) is 2.31. The molecule has 0 saturated carbocycles. The molecule has 2 aromatic carbocycles. The van der Waals surface area contributed by atoms with Crippen molar-refractivity contribution in [2.24, 2.45) is 0 Å². The molecule has 0 bridgehead atoms. The molecule has 0 aliphatic carbocycles. The second kappa shape index (κ2) is 7.15. The van der Waals surface area contributed by atoms with Crippen molar-refractivity contribution in [3.8, 4) is 5.75 Å². The first-order chi connectivity index (χ1) is 10.2. The van der Waals surface area contributed by atoms with Crippen molar-refractivity contribution in [3.63, 3.8) is 0 Å². The maximum absolute atomic E-state index is 9.32. The standard InChI is InChI=1S/C16H20BNO3/c1-3-18(15-7-5-4-6-8-15)12-13-11-14(17(19)20)9-10-16(13)21-2/h4-11,19-20H,3,12H2,1-2H3. The van der Waals surface area contributed by atoms with Crippen molar-refractivity contribution in [3.05, 3.63) is 54.1 Å². The number of rotatable bonds is 6. The Morgan fingerprint density at radius 3 is 2.38 bits per heavy atom. The van der Waals surface area contributed by atoms with E-state index in [1.165, 1.54) is 0 Å². The van der Waals surface area contributed by atoms with Crippen LogP contribution in [0.5, 0.6) is 5.75 Å². The Bertz CT molecular complexity index is 575. The first kappa shape index (κ1) is 15.4. The molecule has 5 heteroatoms. The van der Waals surface area contributed by atoms with E-state index in [2.05, 4.69) is 24.0 Å².